The topological polar surface area (TPSA) is 68.2 Å². The predicted molar refractivity (Wildman–Crippen MR) is 82.7 cm³/mol. The summed E-state index contributed by atoms with van der Waals surface area (Å²) in [5, 5.41) is 6.01. The highest BCUT2D eigenvalue weighted by atomic mass is 16.5. The average Bonchev–Trinajstić information content (AvgIpc) is 2.86. The highest BCUT2D eigenvalue weighted by Crippen LogP contribution is 2.19. The lowest BCUT2D eigenvalue weighted by atomic mass is 10.2. The maximum absolute atomic E-state index is 11.1. The van der Waals surface area contributed by atoms with Gasteiger partial charge in [-0.25, -0.2) is 4.98 Å². The number of methoxy groups -OCH3 is 1. The molecule has 0 aliphatic heterocycles. The van der Waals surface area contributed by atoms with Gasteiger partial charge in [-0.1, -0.05) is 6.07 Å². The molecule has 0 spiro atoms. The fourth-order valence-electron chi connectivity index (χ4n) is 2.00. The molecule has 112 valence electrons. The minimum atomic E-state index is -0.0896. The molecule has 1 heterocycles. The van der Waals surface area contributed by atoms with Crippen molar-refractivity contribution in [2.45, 2.75) is 19.9 Å². The molecule has 0 fully saturated rings. The van der Waals surface area contributed by atoms with Crippen LogP contribution < -0.4 is 10.6 Å². The summed E-state index contributed by atoms with van der Waals surface area (Å²) in [5.74, 6) is 0.680. The number of rotatable bonds is 7. The van der Waals surface area contributed by atoms with Crippen molar-refractivity contribution in [3.8, 4) is 0 Å². The molecule has 6 nitrogen and oxygen atoms in total. The number of anilines is 3. The van der Waals surface area contributed by atoms with E-state index in [0.29, 0.717) is 0 Å². The number of aromatic nitrogens is 2. The SMILES string of the molecule is COCCCn1ccnc1Nc1cccc(NC(C)=O)c1. The Kier molecular flexibility index (Phi) is 5.34. The van der Waals surface area contributed by atoms with E-state index in [1.807, 2.05) is 35.0 Å². The standard InChI is InChI=1S/C15H20N4O2/c1-12(20)17-13-5-3-6-14(11-13)18-15-16-7-9-19(15)8-4-10-21-2/h3,5-7,9,11H,4,8,10H2,1-2H3,(H,16,18)(H,17,20). The van der Waals surface area contributed by atoms with Gasteiger partial charge in [0.2, 0.25) is 11.9 Å². The lowest BCUT2D eigenvalue weighted by Crippen LogP contribution is -2.07. The molecular formula is C15H20N4O2. The van der Waals surface area contributed by atoms with Crippen LogP contribution in [0.25, 0.3) is 0 Å². The molecule has 0 unspecified atom stereocenters. The quantitative estimate of drug-likeness (QED) is 0.768. The van der Waals surface area contributed by atoms with Crippen molar-refractivity contribution in [1.82, 2.24) is 9.55 Å². The van der Waals surface area contributed by atoms with Crippen LogP contribution in [-0.2, 0) is 16.1 Å². The fourth-order valence-corrected chi connectivity index (χ4v) is 2.00. The Morgan fingerprint density at radius 2 is 2.19 bits per heavy atom. The van der Waals surface area contributed by atoms with Crippen LogP contribution in [0.1, 0.15) is 13.3 Å². The molecule has 1 aromatic heterocycles. The van der Waals surface area contributed by atoms with Crippen LogP contribution in [-0.4, -0.2) is 29.2 Å². The largest absolute Gasteiger partial charge is 0.385 e. The molecular weight excluding hydrogens is 268 g/mol. The third-order valence-corrected chi connectivity index (χ3v) is 2.90. The Bertz CT molecular complexity index is 595. The van der Waals surface area contributed by atoms with E-state index < -0.39 is 0 Å². The predicted octanol–water partition coefficient (Wildman–Crippen LogP) is 2.62. The number of carbonyl (C=O) groups is 1. The van der Waals surface area contributed by atoms with Crippen molar-refractivity contribution in [3.05, 3.63) is 36.7 Å². The summed E-state index contributed by atoms with van der Waals surface area (Å²) in [7, 11) is 1.70. The lowest BCUT2D eigenvalue weighted by Gasteiger charge is -2.11. The summed E-state index contributed by atoms with van der Waals surface area (Å²) in [6, 6.07) is 7.53. The molecule has 0 bridgehead atoms. The van der Waals surface area contributed by atoms with Crippen LogP contribution in [0.2, 0.25) is 0 Å². The fraction of sp³-hybridized carbons (Fsp3) is 0.333. The van der Waals surface area contributed by atoms with E-state index in [1.54, 1.807) is 13.3 Å². The number of aryl methyl sites for hydroxylation is 1. The normalized spacial score (nSPS) is 10.4. The summed E-state index contributed by atoms with van der Waals surface area (Å²) in [4.78, 5) is 15.4. The molecule has 0 saturated carbocycles. The van der Waals surface area contributed by atoms with Crippen LogP contribution >= 0.6 is 0 Å². The first-order chi connectivity index (χ1) is 10.2. The number of ether oxygens (including phenoxy) is 1. The van der Waals surface area contributed by atoms with Gasteiger partial charge in [0.05, 0.1) is 0 Å². The van der Waals surface area contributed by atoms with Crippen molar-refractivity contribution in [1.29, 1.82) is 0 Å². The lowest BCUT2D eigenvalue weighted by molar-refractivity contribution is -0.114. The molecule has 1 amide bonds. The Morgan fingerprint density at radius 3 is 2.95 bits per heavy atom. The highest BCUT2D eigenvalue weighted by Gasteiger charge is 2.04. The number of nitrogens with zero attached hydrogens (tertiary/aromatic N) is 2. The van der Waals surface area contributed by atoms with Crippen molar-refractivity contribution >= 4 is 23.2 Å². The molecule has 0 radical (unpaired) electrons. The zero-order chi connectivity index (χ0) is 15.1. The summed E-state index contributed by atoms with van der Waals surface area (Å²) in [6.07, 6.45) is 4.61. The third-order valence-electron chi connectivity index (χ3n) is 2.90. The molecule has 0 aliphatic carbocycles. The summed E-state index contributed by atoms with van der Waals surface area (Å²) >= 11 is 0. The monoisotopic (exact) mass is 288 g/mol. The van der Waals surface area contributed by atoms with Crippen LogP contribution in [0.15, 0.2) is 36.7 Å². The second-order valence-electron chi connectivity index (χ2n) is 4.68. The molecule has 2 N–H and O–H groups in total. The Balaban J connectivity index is 2.04. The number of hydrogen-bond acceptors (Lipinski definition) is 4. The molecule has 2 aromatic rings. The smallest absolute Gasteiger partial charge is 0.221 e. The van der Waals surface area contributed by atoms with Gasteiger partial charge in [-0.15, -0.1) is 0 Å². The van der Waals surface area contributed by atoms with Crippen molar-refractivity contribution < 1.29 is 9.53 Å². The van der Waals surface area contributed by atoms with Gasteiger partial charge in [0.15, 0.2) is 0 Å². The number of amides is 1. The minimum Gasteiger partial charge on any atom is -0.385 e. The third kappa shape index (κ3) is 4.61. The van der Waals surface area contributed by atoms with Gasteiger partial charge in [0, 0.05) is 51.0 Å². The first kappa shape index (κ1) is 15.1. The first-order valence-electron chi connectivity index (χ1n) is 6.84. The summed E-state index contributed by atoms with van der Waals surface area (Å²) in [5.41, 5.74) is 1.63. The van der Waals surface area contributed by atoms with Gasteiger partial charge < -0.3 is 19.9 Å². The summed E-state index contributed by atoms with van der Waals surface area (Å²) < 4.78 is 7.09. The maximum atomic E-state index is 11.1. The van der Waals surface area contributed by atoms with Crippen molar-refractivity contribution in [2.75, 3.05) is 24.4 Å². The zero-order valence-electron chi connectivity index (χ0n) is 12.3. The van der Waals surface area contributed by atoms with Crippen LogP contribution in [0.3, 0.4) is 0 Å². The molecule has 21 heavy (non-hydrogen) atoms. The molecule has 0 aliphatic rings. The first-order valence-corrected chi connectivity index (χ1v) is 6.84. The second-order valence-corrected chi connectivity index (χ2v) is 4.68. The molecule has 0 saturated heterocycles. The van der Waals surface area contributed by atoms with E-state index in [4.69, 9.17) is 4.74 Å². The van der Waals surface area contributed by atoms with Gasteiger partial charge in [-0.3, -0.25) is 4.79 Å². The van der Waals surface area contributed by atoms with Crippen LogP contribution in [0.4, 0.5) is 17.3 Å². The highest BCUT2D eigenvalue weighted by molar-refractivity contribution is 5.89. The van der Waals surface area contributed by atoms with Crippen molar-refractivity contribution in [2.24, 2.45) is 0 Å². The van der Waals surface area contributed by atoms with E-state index >= 15 is 0 Å². The zero-order valence-corrected chi connectivity index (χ0v) is 12.3. The van der Waals surface area contributed by atoms with E-state index in [9.17, 15) is 4.79 Å². The molecule has 1 aromatic carbocycles. The minimum absolute atomic E-state index is 0.0896. The molecule has 2 rings (SSSR count). The number of benzene rings is 1. The Labute approximate surface area is 124 Å². The van der Waals surface area contributed by atoms with E-state index in [0.717, 1.165) is 36.9 Å². The molecule has 6 heteroatoms. The second kappa shape index (κ2) is 7.44. The number of nitrogens with one attached hydrogen (secondary N) is 2. The average molecular weight is 288 g/mol. The Morgan fingerprint density at radius 1 is 1.38 bits per heavy atom. The van der Waals surface area contributed by atoms with E-state index in [1.165, 1.54) is 6.92 Å². The van der Waals surface area contributed by atoms with Gasteiger partial charge >= 0.3 is 0 Å². The molecule has 0 atom stereocenters. The van der Waals surface area contributed by atoms with Gasteiger partial charge in [0.25, 0.3) is 0 Å². The van der Waals surface area contributed by atoms with Crippen LogP contribution in [0, 0.1) is 0 Å². The van der Waals surface area contributed by atoms with E-state index in [2.05, 4.69) is 15.6 Å². The number of carbonyl (C=O) groups excluding carboxylic acids is 1. The van der Waals surface area contributed by atoms with E-state index in [-0.39, 0.29) is 5.91 Å². The summed E-state index contributed by atoms with van der Waals surface area (Å²) in [6.45, 7) is 3.04. The van der Waals surface area contributed by atoms with Crippen LogP contribution in [0.5, 0.6) is 0 Å². The van der Waals surface area contributed by atoms with Gasteiger partial charge in [0.1, 0.15) is 0 Å². The number of hydrogen-bond donors (Lipinski definition) is 2. The van der Waals surface area contributed by atoms with Gasteiger partial charge in [-0.05, 0) is 24.6 Å². The van der Waals surface area contributed by atoms with Crippen molar-refractivity contribution in [3.63, 3.8) is 0 Å². The van der Waals surface area contributed by atoms with Gasteiger partial charge in [-0.2, -0.15) is 0 Å². The Hall–Kier alpha value is -2.34. The number of imidazole rings is 1. The maximum Gasteiger partial charge on any atom is 0.221 e.